The van der Waals surface area contributed by atoms with Crippen molar-refractivity contribution in [2.75, 3.05) is 26.8 Å². The number of aryl methyl sites for hydroxylation is 1. The zero-order chi connectivity index (χ0) is 21.8. The van der Waals surface area contributed by atoms with Gasteiger partial charge in [0.05, 0.1) is 12.8 Å². The van der Waals surface area contributed by atoms with Crippen LogP contribution in [0.1, 0.15) is 24.6 Å². The van der Waals surface area contributed by atoms with Crippen molar-refractivity contribution in [2.24, 2.45) is 7.05 Å². The monoisotopic (exact) mass is 422 g/mol. The molecule has 0 radical (unpaired) electrons. The van der Waals surface area contributed by atoms with Crippen LogP contribution < -0.4 is 15.2 Å². The Kier molecular flexibility index (Phi) is 6.06. The predicted molar refractivity (Wildman–Crippen MR) is 116 cm³/mol. The van der Waals surface area contributed by atoms with Crippen LogP contribution in [0.3, 0.4) is 0 Å². The second kappa shape index (κ2) is 9.07. The highest BCUT2D eigenvalue weighted by Gasteiger charge is 2.29. The number of carbonyl (C=O) groups is 1. The van der Waals surface area contributed by atoms with Gasteiger partial charge in [-0.25, -0.2) is 14.0 Å². The van der Waals surface area contributed by atoms with Crippen LogP contribution in [0.4, 0.5) is 0 Å². The van der Waals surface area contributed by atoms with Gasteiger partial charge in [0, 0.05) is 26.1 Å². The topological polar surface area (TPSA) is 78.6 Å². The van der Waals surface area contributed by atoms with Crippen LogP contribution in [0.15, 0.2) is 59.4 Å². The van der Waals surface area contributed by atoms with E-state index in [9.17, 15) is 9.59 Å². The maximum absolute atomic E-state index is 12.6. The lowest BCUT2D eigenvalue weighted by molar-refractivity contribution is -0.134. The molecule has 1 aliphatic heterocycles. The summed E-state index contributed by atoms with van der Waals surface area (Å²) in [5, 5.41) is 4.50. The summed E-state index contributed by atoms with van der Waals surface area (Å²) >= 11 is 0. The van der Waals surface area contributed by atoms with Gasteiger partial charge in [-0.1, -0.05) is 30.3 Å². The van der Waals surface area contributed by atoms with Gasteiger partial charge < -0.3 is 14.4 Å². The Morgan fingerprint density at radius 1 is 1.03 bits per heavy atom. The fourth-order valence-electron chi connectivity index (χ4n) is 3.92. The van der Waals surface area contributed by atoms with Crippen molar-refractivity contribution in [3.05, 3.63) is 70.9 Å². The number of amides is 1. The number of hydrogen-bond donors (Lipinski definition) is 0. The van der Waals surface area contributed by atoms with Crippen LogP contribution in [0.5, 0.6) is 11.5 Å². The van der Waals surface area contributed by atoms with Crippen LogP contribution in [0.2, 0.25) is 0 Å². The first-order valence-corrected chi connectivity index (χ1v) is 10.3. The number of aromatic nitrogens is 3. The molecule has 2 aromatic carbocycles. The summed E-state index contributed by atoms with van der Waals surface area (Å²) < 4.78 is 14.0. The molecule has 8 heteroatoms. The van der Waals surface area contributed by atoms with Crippen molar-refractivity contribution in [1.82, 2.24) is 19.2 Å². The molecule has 1 amide bonds. The molecule has 4 rings (SSSR count). The lowest BCUT2D eigenvalue weighted by atomic mass is 9.95. The molecule has 3 aromatic rings. The highest BCUT2D eigenvalue weighted by molar-refractivity contribution is 5.78. The number of likely N-dealkylation sites (tertiary alicyclic amines) is 1. The molecule has 1 saturated heterocycles. The maximum atomic E-state index is 12.6. The Bertz CT molecular complexity index is 1100. The summed E-state index contributed by atoms with van der Waals surface area (Å²) in [5.41, 5.74) is 0.643. The van der Waals surface area contributed by atoms with E-state index in [1.54, 1.807) is 35.8 Å². The zero-order valence-electron chi connectivity index (χ0n) is 17.7. The molecule has 0 bridgehead atoms. The van der Waals surface area contributed by atoms with Gasteiger partial charge in [-0.05, 0) is 37.1 Å². The Balaban J connectivity index is 1.41. The summed E-state index contributed by atoms with van der Waals surface area (Å²) in [4.78, 5) is 27.1. The van der Waals surface area contributed by atoms with Crippen molar-refractivity contribution in [1.29, 1.82) is 0 Å². The molecule has 1 aliphatic rings. The van der Waals surface area contributed by atoms with Crippen LogP contribution in [-0.4, -0.2) is 52.0 Å². The van der Waals surface area contributed by atoms with Gasteiger partial charge >= 0.3 is 5.69 Å². The van der Waals surface area contributed by atoms with Gasteiger partial charge in [0.25, 0.3) is 5.91 Å². The molecule has 1 aromatic heterocycles. The standard InChI is InChI=1S/C23H26N4O4/c1-25-23(29)27(18-8-4-3-5-9-18)22(24-25)17-12-14-26(15-13-17)21(28)16-31-20-11-7-6-10-19(20)30-2/h3-11,17H,12-16H2,1-2H3. The summed E-state index contributed by atoms with van der Waals surface area (Å²) in [6, 6.07) is 16.8. The van der Waals surface area contributed by atoms with E-state index in [0.717, 1.165) is 24.4 Å². The number of piperidine rings is 1. The van der Waals surface area contributed by atoms with E-state index < -0.39 is 0 Å². The average Bonchev–Trinajstić information content (AvgIpc) is 3.12. The Morgan fingerprint density at radius 2 is 1.68 bits per heavy atom. The number of methoxy groups -OCH3 is 1. The molecule has 0 saturated carbocycles. The van der Waals surface area contributed by atoms with E-state index in [4.69, 9.17) is 9.47 Å². The largest absolute Gasteiger partial charge is 0.493 e. The van der Waals surface area contributed by atoms with Crippen molar-refractivity contribution in [3.8, 4) is 17.2 Å². The second-order valence-electron chi connectivity index (χ2n) is 7.53. The molecule has 0 aliphatic carbocycles. The van der Waals surface area contributed by atoms with E-state index in [1.807, 2.05) is 42.5 Å². The lowest BCUT2D eigenvalue weighted by Crippen LogP contribution is -2.41. The fourth-order valence-corrected chi connectivity index (χ4v) is 3.92. The molecule has 0 unspecified atom stereocenters. The van der Waals surface area contributed by atoms with E-state index in [1.165, 1.54) is 4.68 Å². The molecular weight excluding hydrogens is 396 g/mol. The number of para-hydroxylation sites is 3. The number of carbonyl (C=O) groups excluding carboxylic acids is 1. The number of nitrogens with zero attached hydrogens (tertiary/aromatic N) is 4. The first-order chi connectivity index (χ1) is 15.1. The summed E-state index contributed by atoms with van der Waals surface area (Å²) in [6.45, 7) is 1.15. The number of hydrogen-bond acceptors (Lipinski definition) is 5. The highest BCUT2D eigenvalue weighted by Crippen LogP contribution is 2.28. The maximum Gasteiger partial charge on any atom is 0.350 e. The van der Waals surface area contributed by atoms with Gasteiger partial charge in [-0.15, -0.1) is 0 Å². The minimum absolute atomic E-state index is 0.0383. The Labute approximate surface area is 180 Å². The number of ether oxygens (including phenoxy) is 2. The lowest BCUT2D eigenvalue weighted by Gasteiger charge is -2.31. The smallest absolute Gasteiger partial charge is 0.350 e. The first kappa shape index (κ1) is 20.7. The van der Waals surface area contributed by atoms with Crippen LogP contribution in [0.25, 0.3) is 5.69 Å². The predicted octanol–water partition coefficient (Wildman–Crippen LogP) is 2.36. The van der Waals surface area contributed by atoms with E-state index in [2.05, 4.69) is 5.10 Å². The Hall–Kier alpha value is -3.55. The van der Waals surface area contributed by atoms with Gasteiger partial charge in [0.15, 0.2) is 18.1 Å². The number of benzene rings is 2. The van der Waals surface area contributed by atoms with E-state index in [0.29, 0.717) is 24.6 Å². The van der Waals surface area contributed by atoms with Crippen LogP contribution in [0, 0.1) is 0 Å². The zero-order valence-corrected chi connectivity index (χ0v) is 17.7. The second-order valence-corrected chi connectivity index (χ2v) is 7.53. The van der Waals surface area contributed by atoms with Crippen molar-refractivity contribution in [3.63, 3.8) is 0 Å². The fraction of sp³-hybridized carbons (Fsp3) is 0.348. The molecule has 0 N–H and O–H groups in total. The molecule has 2 heterocycles. The third-order valence-corrected chi connectivity index (χ3v) is 5.60. The molecule has 0 spiro atoms. The molecule has 162 valence electrons. The minimum Gasteiger partial charge on any atom is -0.493 e. The van der Waals surface area contributed by atoms with Crippen molar-refractivity contribution in [2.45, 2.75) is 18.8 Å². The SMILES string of the molecule is COc1ccccc1OCC(=O)N1CCC(c2nn(C)c(=O)n2-c2ccccc2)CC1. The number of rotatable bonds is 6. The third-order valence-electron chi connectivity index (χ3n) is 5.60. The van der Waals surface area contributed by atoms with Gasteiger partial charge in [-0.3, -0.25) is 4.79 Å². The Morgan fingerprint density at radius 3 is 2.35 bits per heavy atom. The van der Waals surface area contributed by atoms with Crippen LogP contribution in [-0.2, 0) is 11.8 Å². The van der Waals surface area contributed by atoms with Crippen molar-refractivity contribution < 1.29 is 14.3 Å². The highest BCUT2D eigenvalue weighted by atomic mass is 16.5. The van der Waals surface area contributed by atoms with Crippen LogP contribution >= 0.6 is 0 Å². The van der Waals surface area contributed by atoms with E-state index >= 15 is 0 Å². The van der Waals surface area contributed by atoms with E-state index in [-0.39, 0.29) is 24.1 Å². The van der Waals surface area contributed by atoms with Gasteiger partial charge in [0.1, 0.15) is 5.82 Å². The molecule has 31 heavy (non-hydrogen) atoms. The average molecular weight is 422 g/mol. The molecule has 0 atom stereocenters. The molecular formula is C23H26N4O4. The molecule has 8 nitrogen and oxygen atoms in total. The quantitative estimate of drug-likeness (QED) is 0.609. The third kappa shape index (κ3) is 4.33. The summed E-state index contributed by atoms with van der Waals surface area (Å²) in [7, 11) is 3.24. The normalized spacial score (nSPS) is 14.5. The summed E-state index contributed by atoms with van der Waals surface area (Å²) in [5.74, 6) is 1.94. The van der Waals surface area contributed by atoms with Gasteiger partial charge in [0.2, 0.25) is 0 Å². The minimum atomic E-state index is -0.162. The first-order valence-electron chi connectivity index (χ1n) is 10.3. The van der Waals surface area contributed by atoms with Gasteiger partial charge in [-0.2, -0.15) is 5.10 Å². The summed E-state index contributed by atoms with van der Waals surface area (Å²) in [6.07, 6.45) is 1.48. The van der Waals surface area contributed by atoms with Crippen molar-refractivity contribution >= 4 is 5.91 Å². The molecule has 1 fully saturated rings.